The molecule has 1 rings (SSSR count). The molecule has 0 radical (unpaired) electrons. The minimum absolute atomic E-state index is 0.0979. The molecule has 0 atom stereocenters. The Kier molecular flexibility index (Phi) is 6.73. The highest BCUT2D eigenvalue weighted by Crippen LogP contribution is 2.27. The average molecular weight is 338 g/mol. The molecule has 0 aliphatic carbocycles. The van der Waals surface area contributed by atoms with Crippen molar-refractivity contribution in [3.63, 3.8) is 0 Å². The Hall–Kier alpha value is -1.70. The third-order valence-corrected chi connectivity index (χ3v) is 3.50. The Morgan fingerprint density at radius 1 is 1.23 bits per heavy atom. The zero-order valence-electron chi connectivity index (χ0n) is 12.0. The van der Waals surface area contributed by atoms with Gasteiger partial charge in [0.15, 0.2) is 0 Å². The topological polar surface area (TPSA) is 52.6 Å². The number of hydrogen-bond donors (Lipinski definition) is 0. The van der Waals surface area contributed by atoms with E-state index >= 15 is 0 Å². The molecule has 0 unspecified atom stereocenters. The Morgan fingerprint density at radius 3 is 2.41 bits per heavy atom. The number of allylic oxidation sites excluding steroid dienone is 1. The molecule has 0 spiro atoms. The highest BCUT2D eigenvalue weighted by molar-refractivity contribution is 7.87. The molecule has 0 heterocycles. The molecule has 0 aliphatic heterocycles. The summed E-state index contributed by atoms with van der Waals surface area (Å²) in [5.74, 6) is 0.397. The molecule has 8 heteroatoms. The van der Waals surface area contributed by atoms with Crippen LogP contribution in [0.25, 0.3) is 0 Å². The van der Waals surface area contributed by atoms with Crippen molar-refractivity contribution in [3.05, 3.63) is 42.2 Å². The first kappa shape index (κ1) is 18.3. The van der Waals surface area contributed by atoms with Crippen LogP contribution in [0, 0.1) is 0 Å². The Morgan fingerprint density at radius 2 is 1.86 bits per heavy atom. The van der Waals surface area contributed by atoms with Crippen molar-refractivity contribution in [2.75, 3.05) is 6.61 Å². The minimum Gasteiger partial charge on any atom is -0.493 e. The molecule has 0 amide bonds. The van der Waals surface area contributed by atoms with Gasteiger partial charge in [0.05, 0.1) is 6.61 Å². The van der Waals surface area contributed by atoms with Crippen LogP contribution in [0.4, 0.5) is 13.2 Å². The van der Waals surface area contributed by atoms with E-state index in [2.05, 4.69) is 4.18 Å². The van der Waals surface area contributed by atoms with Crippen molar-refractivity contribution in [3.8, 4) is 5.75 Å². The Labute approximate surface area is 127 Å². The van der Waals surface area contributed by atoms with Crippen LogP contribution in [-0.2, 0) is 14.3 Å². The molecular weight excluding hydrogens is 321 g/mol. The van der Waals surface area contributed by atoms with Crippen LogP contribution in [0.1, 0.15) is 26.2 Å². The number of benzene rings is 1. The van der Waals surface area contributed by atoms with Crippen molar-refractivity contribution in [2.24, 2.45) is 0 Å². The number of rotatable bonds is 8. The molecule has 1 aromatic carbocycles. The lowest BCUT2D eigenvalue weighted by Crippen LogP contribution is -2.25. The van der Waals surface area contributed by atoms with E-state index in [1.54, 1.807) is 31.2 Å². The fourth-order valence-electron chi connectivity index (χ4n) is 1.53. The molecule has 0 aliphatic rings. The monoisotopic (exact) mass is 338 g/mol. The van der Waals surface area contributed by atoms with E-state index in [1.165, 1.54) is 6.08 Å². The standard InChI is InChI=1S/C14H17F3O4S/c1-2-7-13(21-22(18,19)14(15,16)17)10-6-11-20-12-8-4-3-5-9-12/h3-5,8-10H,2,6-7,11H2,1H3/b13-10+. The van der Waals surface area contributed by atoms with Gasteiger partial charge < -0.3 is 8.92 Å². The van der Waals surface area contributed by atoms with Gasteiger partial charge in [-0.15, -0.1) is 0 Å². The van der Waals surface area contributed by atoms with E-state index in [1.807, 2.05) is 6.07 Å². The second-order valence-corrected chi connectivity index (χ2v) is 5.89. The van der Waals surface area contributed by atoms with Gasteiger partial charge in [0.2, 0.25) is 0 Å². The maximum absolute atomic E-state index is 12.3. The highest BCUT2D eigenvalue weighted by Gasteiger charge is 2.48. The van der Waals surface area contributed by atoms with Crippen LogP contribution >= 0.6 is 0 Å². The molecule has 0 aromatic heterocycles. The Bertz CT molecular complexity index is 580. The molecule has 0 fully saturated rings. The molecule has 0 N–H and O–H groups in total. The number of alkyl halides is 3. The molecule has 1 aromatic rings. The first-order valence-corrected chi connectivity index (χ1v) is 8.04. The summed E-state index contributed by atoms with van der Waals surface area (Å²) in [6.45, 7) is 1.91. The summed E-state index contributed by atoms with van der Waals surface area (Å²) in [6.07, 6.45) is 2.09. The fourth-order valence-corrected chi connectivity index (χ4v) is 2.05. The molecular formula is C14H17F3O4S. The van der Waals surface area contributed by atoms with E-state index in [4.69, 9.17) is 4.74 Å². The molecule has 124 valence electrons. The van der Waals surface area contributed by atoms with E-state index in [0.29, 0.717) is 12.2 Å². The predicted molar refractivity (Wildman–Crippen MR) is 75.6 cm³/mol. The lowest BCUT2D eigenvalue weighted by atomic mass is 10.2. The van der Waals surface area contributed by atoms with Gasteiger partial charge in [-0.1, -0.05) is 25.1 Å². The van der Waals surface area contributed by atoms with Crippen LogP contribution in [0.5, 0.6) is 5.75 Å². The summed E-state index contributed by atoms with van der Waals surface area (Å²) in [7, 11) is -5.62. The maximum atomic E-state index is 12.3. The quantitative estimate of drug-likeness (QED) is 0.311. The summed E-state index contributed by atoms with van der Waals surface area (Å²) < 4.78 is 68.3. The number of ether oxygens (including phenoxy) is 1. The van der Waals surface area contributed by atoms with E-state index in [-0.39, 0.29) is 25.2 Å². The lowest BCUT2D eigenvalue weighted by molar-refractivity contribution is -0.0523. The van der Waals surface area contributed by atoms with Crippen molar-refractivity contribution in [1.29, 1.82) is 0 Å². The fraction of sp³-hybridized carbons (Fsp3) is 0.429. The second-order valence-electron chi connectivity index (χ2n) is 4.35. The smallest absolute Gasteiger partial charge is 0.493 e. The Balaban J connectivity index is 2.59. The summed E-state index contributed by atoms with van der Waals surface area (Å²) in [5.41, 5.74) is -5.43. The van der Waals surface area contributed by atoms with Crippen LogP contribution in [-0.4, -0.2) is 20.5 Å². The van der Waals surface area contributed by atoms with Gasteiger partial charge in [0.25, 0.3) is 0 Å². The number of para-hydroxylation sites is 1. The molecule has 0 bridgehead atoms. The van der Waals surface area contributed by atoms with E-state index < -0.39 is 15.6 Å². The lowest BCUT2D eigenvalue weighted by Gasteiger charge is -2.12. The van der Waals surface area contributed by atoms with Crippen LogP contribution in [0.2, 0.25) is 0 Å². The summed E-state index contributed by atoms with van der Waals surface area (Å²) in [6, 6.07) is 8.86. The van der Waals surface area contributed by atoms with Gasteiger partial charge in [0, 0.05) is 12.8 Å². The van der Waals surface area contributed by atoms with Crippen molar-refractivity contribution in [2.45, 2.75) is 31.7 Å². The van der Waals surface area contributed by atoms with Gasteiger partial charge in [-0.25, -0.2) is 0 Å². The summed E-state index contributed by atoms with van der Waals surface area (Å²) >= 11 is 0. The highest BCUT2D eigenvalue weighted by atomic mass is 32.2. The van der Waals surface area contributed by atoms with Crippen molar-refractivity contribution >= 4 is 10.1 Å². The maximum Gasteiger partial charge on any atom is 0.534 e. The zero-order chi connectivity index (χ0) is 16.6. The predicted octanol–water partition coefficient (Wildman–Crippen LogP) is 4.01. The van der Waals surface area contributed by atoms with Crippen LogP contribution in [0.15, 0.2) is 42.2 Å². The number of hydrogen-bond acceptors (Lipinski definition) is 4. The molecule has 22 heavy (non-hydrogen) atoms. The van der Waals surface area contributed by atoms with Gasteiger partial charge in [-0.3, -0.25) is 0 Å². The normalized spacial score (nSPS) is 13.0. The molecule has 0 saturated carbocycles. The minimum atomic E-state index is -5.62. The van der Waals surface area contributed by atoms with E-state index in [9.17, 15) is 21.6 Å². The molecule has 4 nitrogen and oxygen atoms in total. The largest absolute Gasteiger partial charge is 0.534 e. The van der Waals surface area contributed by atoms with E-state index in [0.717, 1.165) is 0 Å². The van der Waals surface area contributed by atoms with Crippen molar-refractivity contribution in [1.82, 2.24) is 0 Å². The van der Waals surface area contributed by atoms with Gasteiger partial charge >= 0.3 is 15.6 Å². The van der Waals surface area contributed by atoms with Crippen LogP contribution in [0.3, 0.4) is 0 Å². The third kappa shape index (κ3) is 5.97. The second kappa shape index (κ2) is 8.07. The average Bonchev–Trinajstić information content (AvgIpc) is 2.43. The van der Waals surface area contributed by atoms with Gasteiger partial charge in [-0.2, -0.15) is 21.6 Å². The molecule has 0 saturated heterocycles. The summed E-state index contributed by atoms with van der Waals surface area (Å²) in [5, 5.41) is 0. The van der Waals surface area contributed by atoms with Crippen LogP contribution < -0.4 is 4.74 Å². The first-order valence-electron chi connectivity index (χ1n) is 6.64. The third-order valence-electron chi connectivity index (χ3n) is 2.50. The summed E-state index contributed by atoms with van der Waals surface area (Å²) in [4.78, 5) is 0. The zero-order valence-corrected chi connectivity index (χ0v) is 12.8. The van der Waals surface area contributed by atoms with Gasteiger partial charge in [-0.05, 0) is 24.6 Å². The number of halogens is 3. The first-order chi connectivity index (χ1) is 10.3. The van der Waals surface area contributed by atoms with Crippen molar-refractivity contribution < 1.29 is 30.5 Å². The SMILES string of the molecule is CCC/C(=C\CCOc1ccccc1)OS(=O)(=O)C(F)(F)F. The van der Waals surface area contributed by atoms with Gasteiger partial charge in [0.1, 0.15) is 11.5 Å².